The fraction of sp³-hybridized carbons (Fsp3) is 0.500. The minimum atomic E-state index is -0.491. The second kappa shape index (κ2) is 6.62. The van der Waals surface area contributed by atoms with Crippen molar-refractivity contribution in [3.8, 4) is 6.07 Å². The summed E-state index contributed by atoms with van der Waals surface area (Å²) in [6.07, 6.45) is 0.594. The maximum atomic E-state index is 13.4. The lowest BCUT2D eigenvalue weighted by Gasteiger charge is -2.35. The second-order valence-electron chi connectivity index (χ2n) is 4.67. The number of hydrogen-bond acceptors (Lipinski definition) is 4. The van der Waals surface area contributed by atoms with Crippen LogP contribution in [0.5, 0.6) is 0 Å². The molecule has 1 aromatic rings. The summed E-state index contributed by atoms with van der Waals surface area (Å²) in [4.78, 5) is 2.26. The molecule has 5 heteroatoms. The maximum Gasteiger partial charge on any atom is 0.140 e. The van der Waals surface area contributed by atoms with Crippen LogP contribution in [0.1, 0.15) is 23.6 Å². The number of benzene rings is 1. The monoisotopic (exact) mass is 263 g/mol. The van der Waals surface area contributed by atoms with Crippen LogP contribution in [0.2, 0.25) is 0 Å². The number of piperazine rings is 1. The quantitative estimate of drug-likeness (QED) is 0.851. The molecular weight excluding hydrogens is 245 g/mol. The fourth-order valence-electron chi connectivity index (χ4n) is 2.51. The standard InChI is InChI=1S/C14H18FN3O/c15-13-2-1-11(9-12(13)10-16)14(3-8-19)18-6-4-17-5-7-18/h1-2,9,14,17,19H,3-8H2/t14-/m1/s1. The first-order valence-corrected chi connectivity index (χ1v) is 6.51. The molecule has 0 aromatic heterocycles. The molecule has 4 nitrogen and oxygen atoms in total. The number of nitrogens with one attached hydrogen (secondary N) is 1. The van der Waals surface area contributed by atoms with Crippen LogP contribution in [0.4, 0.5) is 4.39 Å². The third-order valence-corrected chi connectivity index (χ3v) is 3.49. The molecule has 1 heterocycles. The topological polar surface area (TPSA) is 59.3 Å². The predicted octanol–water partition coefficient (Wildman–Crippen LogP) is 1.03. The van der Waals surface area contributed by atoms with Gasteiger partial charge in [0.05, 0.1) is 5.56 Å². The predicted molar refractivity (Wildman–Crippen MR) is 70.0 cm³/mol. The molecule has 0 saturated carbocycles. The van der Waals surface area contributed by atoms with Crippen molar-refractivity contribution in [3.63, 3.8) is 0 Å². The number of aliphatic hydroxyl groups excluding tert-OH is 1. The molecule has 0 unspecified atom stereocenters. The highest BCUT2D eigenvalue weighted by atomic mass is 19.1. The molecule has 1 saturated heterocycles. The van der Waals surface area contributed by atoms with Gasteiger partial charge in [-0.2, -0.15) is 5.26 Å². The highest BCUT2D eigenvalue weighted by Crippen LogP contribution is 2.26. The zero-order valence-corrected chi connectivity index (χ0v) is 10.8. The third-order valence-electron chi connectivity index (χ3n) is 3.49. The van der Waals surface area contributed by atoms with Crippen molar-refractivity contribution >= 4 is 0 Å². The van der Waals surface area contributed by atoms with Gasteiger partial charge in [-0.25, -0.2) is 4.39 Å². The van der Waals surface area contributed by atoms with Crippen molar-refractivity contribution < 1.29 is 9.50 Å². The lowest BCUT2D eigenvalue weighted by molar-refractivity contribution is 0.141. The summed E-state index contributed by atoms with van der Waals surface area (Å²) in [7, 11) is 0. The Kier molecular flexibility index (Phi) is 4.86. The lowest BCUT2D eigenvalue weighted by Crippen LogP contribution is -2.45. The molecule has 0 spiro atoms. The number of nitrogens with zero attached hydrogens (tertiary/aromatic N) is 2. The van der Waals surface area contributed by atoms with Crippen molar-refractivity contribution in [1.82, 2.24) is 10.2 Å². The zero-order valence-electron chi connectivity index (χ0n) is 10.8. The van der Waals surface area contributed by atoms with Crippen LogP contribution >= 0.6 is 0 Å². The average Bonchev–Trinajstić information content (AvgIpc) is 2.46. The van der Waals surface area contributed by atoms with Gasteiger partial charge in [-0.05, 0) is 24.1 Å². The molecule has 1 aliphatic rings. The van der Waals surface area contributed by atoms with Gasteiger partial charge in [0.15, 0.2) is 0 Å². The van der Waals surface area contributed by atoms with E-state index in [1.807, 2.05) is 6.07 Å². The Morgan fingerprint density at radius 3 is 2.79 bits per heavy atom. The van der Waals surface area contributed by atoms with Crippen LogP contribution in [0, 0.1) is 17.1 Å². The van der Waals surface area contributed by atoms with E-state index in [9.17, 15) is 9.50 Å². The van der Waals surface area contributed by atoms with Gasteiger partial charge in [0.1, 0.15) is 11.9 Å². The van der Waals surface area contributed by atoms with E-state index in [2.05, 4.69) is 10.2 Å². The van der Waals surface area contributed by atoms with E-state index in [0.717, 1.165) is 31.7 Å². The molecule has 2 rings (SSSR count). The molecule has 0 amide bonds. The molecule has 1 aromatic carbocycles. The molecule has 102 valence electrons. The summed E-state index contributed by atoms with van der Waals surface area (Å²) in [6, 6.07) is 6.54. The van der Waals surface area contributed by atoms with Crippen molar-refractivity contribution in [2.24, 2.45) is 0 Å². The largest absolute Gasteiger partial charge is 0.396 e. The van der Waals surface area contributed by atoms with Gasteiger partial charge >= 0.3 is 0 Å². The Morgan fingerprint density at radius 2 is 2.16 bits per heavy atom. The number of rotatable bonds is 4. The summed E-state index contributed by atoms with van der Waals surface area (Å²) in [6.45, 7) is 3.68. The van der Waals surface area contributed by atoms with E-state index in [1.165, 1.54) is 6.07 Å². The maximum absolute atomic E-state index is 13.4. The van der Waals surface area contributed by atoms with Gasteiger partial charge in [-0.1, -0.05) is 6.07 Å². The number of hydrogen-bond donors (Lipinski definition) is 2. The first kappa shape index (κ1) is 13.9. The van der Waals surface area contributed by atoms with Crippen molar-refractivity contribution in [2.75, 3.05) is 32.8 Å². The van der Waals surface area contributed by atoms with E-state index in [0.29, 0.717) is 6.42 Å². The third kappa shape index (κ3) is 3.29. The molecule has 0 aliphatic carbocycles. The van der Waals surface area contributed by atoms with Crippen LogP contribution in [-0.2, 0) is 0 Å². The molecule has 1 fully saturated rings. The van der Waals surface area contributed by atoms with Gasteiger partial charge < -0.3 is 10.4 Å². The Balaban J connectivity index is 2.25. The molecule has 19 heavy (non-hydrogen) atoms. The minimum Gasteiger partial charge on any atom is -0.396 e. The van der Waals surface area contributed by atoms with Crippen molar-refractivity contribution in [3.05, 3.63) is 35.1 Å². The van der Waals surface area contributed by atoms with Crippen LogP contribution in [0.25, 0.3) is 0 Å². The molecular formula is C14H18FN3O. The molecule has 1 atom stereocenters. The first-order valence-electron chi connectivity index (χ1n) is 6.51. The summed E-state index contributed by atoms with van der Waals surface area (Å²) in [5.41, 5.74) is 0.962. The second-order valence-corrected chi connectivity index (χ2v) is 4.67. The van der Waals surface area contributed by atoms with E-state index in [-0.39, 0.29) is 18.2 Å². The number of nitriles is 1. The van der Waals surface area contributed by atoms with Crippen LogP contribution in [0.3, 0.4) is 0 Å². The van der Waals surface area contributed by atoms with E-state index >= 15 is 0 Å². The van der Waals surface area contributed by atoms with Gasteiger partial charge in [-0.3, -0.25) is 4.90 Å². The smallest absolute Gasteiger partial charge is 0.140 e. The average molecular weight is 263 g/mol. The molecule has 0 radical (unpaired) electrons. The molecule has 1 aliphatic heterocycles. The van der Waals surface area contributed by atoms with Gasteiger partial charge in [-0.15, -0.1) is 0 Å². The van der Waals surface area contributed by atoms with Crippen LogP contribution in [-0.4, -0.2) is 42.8 Å². The minimum absolute atomic E-state index is 0.0415. The summed E-state index contributed by atoms with van der Waals surface area (Å²) >= 11 is 0. The number of halogens is 1. The number of aliphatic hydroxyl groups is 1. The Morgan fingerprint density at radius 1 is 1.42 bits per heavy atom. The lowest BCUT2D eigenvalue weighted by atomic mass is 9.99. The highest BCUT2D eigenvalue weighted by molar-refractivity contribution is 5.35. The zero-order chi connectivity index (χ0) is 13.7. The molecule has 2 N–H and O–H groups in total. The van der Waals surface area contributed by atoms with Gasteiger partial charge in [0.2, 0.25) is 0 Å². The van der Waals surface area contributed by atoms with E-state index in [4.69, 9.17) is 5.26 Å². The normalized spacial score (nSPS) is 17.9. The Labute approximate surface area is 112 Å². The molecule has 0 bridgehead atoms. The summed E-state index contributed by atoms with van der Waals surface area (Å²) in [5.74, 6) is -0.491. The Hall–Kier alpha value is -1.48. The van der Waals surface area contributed by atoms with Crippen molar-refractivity contribution in [2.45, 2.75) is 12.5 Å². The van der Waals surface area contributed by atoms with Crippen LogP contribution < -0.4 is 5.32 Å². The Bertz CT molecular complexity index is 466. The van der Waals surface area contributed by atoms with Crippen LogP contribution in [0.15, 0.2) is 18.2 Å². The van der Waals surface area contributed by atoms with Gasteiger partial charge in [0.25, 0.3) is 0 Å². The highest BCUT2D eigenvalue weighted by Gasteiger charge is 2.22. The summed E-state index contributed by atoms with van der Waals surface area (Å²) < 4.78 is 13.4. The van der Waals surface area contributed by atoms with E-state index < -0.39 is 5.82 Å². The fourth-order valence-corrected chi connectivity index (χ4v) is 2.51. The van der Waals surface area contributed by atoms with Crippen molar-refractivity contribution in [1.29, 1.82) is 5.26 Å². The SMILES string of the molecule is N#Cc1cc([C@@H](CCO)N2CCNCC2)ccc1F. The summed E-state index contributed by atoms with van der Waals surface area (Å²) in [5, 5.41) is 21.4. The van der Waals surface area contributed by atoms with Gasteiger partial charge in [0, 0.05) is 38.8 Å². The first-order chi connectivity index (χ1) is 9.26. The van der Waals surface area contributed by atoms with E-state index in [1.54, 1.807) is 12.1 Å².